The lowest BCUT2D eigenvalue weighted by molar-refractivity contribution is 0.0692. The maximum Gasteiger partial charge on any atom is 0.338 e. The molecule has 5 nitrogen and oxygen atoms in total. The van der Waals surface area contributed by atoms with Crippen LogP contribution in [-0.2, 0) is 10.0 Å². The van der Waals surface area contributed by atoms with Gasteiger partial charge in [-0.05, 0) is 42.8 Å². The predicted molar refractivity (Wildman–Crippen MR) is 75.3 cm³/mol. The van der Waals surface area contributed by atoms with Crippen LogP contribution < -0.4 is 4.72 Å². The van der Waals surface area contributed by atoms with E-state index in [4.69, 9.17) is 5.11 Å². The molecular weight excluding hydrogens is 297 g/mol. The van der Waals surface area contributed by atoms with Crippen molar-refractivity contribution in [2.75, 3.05) is 4.72 Å². The minimum absolute atomic E-state index is 0.0426. The summed E-state index contributed by atoms with van der Waals surface area (Å²) in [6.07, 6.45) is 0. The molecule has 2 aromatic rings. The van der Waals surface area contributed by atoms with E-state index in [0.29, 0.717) is 0 Å². The quantitative estimate of drug-likeness (QED) is 0.909. The molecule has 0 unspecified atom stereocenters. The van der Waals surface area contributed by atoms with Gasteiger partial charge in [-0.25, -0.2) is 17.6 Å². The van der Waals surface area contributed by atoms with Crippen LogP contribution in [0.2, 0.25) is 0 Å². The molecule has 0 heterocycles. The maximum atomic E-state index is 13.5. The first-order valence-electron chi connectivity index (χ1n) is 5.92. The highest BCUT2D eigenvalue weighted by atomic mass is 32.2. The Morgan fingerprint density at radius 1 is 1.19 bits per heavy atom. The topological polar surface area (TPSA) is 83.5 Å². The fourth-order valence-electron chi connectivity index (χ4n) is 1.75. The van der Waals surface area contributed by atoms with Crippen LogP contribution in [0.3, 0.4) is 0 Å². The van der Waals surface area contributed by atoms with Gasteiger partial charge in [0.1, 0.15) is 5.82 Å². The predicted octanol–water partition coefficient (Wildman–Crippen LogP) is 2.63. The summed E-state index contributed by atoms with van der Waals surface area (Å²) in [5.74, 6) is -2.42. The third-order valence-electron chi connectivity index (χ3n) is 2.75. The number of carboxylic acid groups (broad SMARTS) is 1. The van der Waals surface area contributed by atoms with Crippen LogP contribution in [0.5, 0.6) is 0 Å². The van der Waals surface area contributed by atoms with Gasteiger partial charge in [0, 0.05) is 0 Å². The number of benzene rings is 2. The van der Waals surface area contributed by atoms with Crippen molar-refractivity contribution in [1.29, 1.82) is 0 Å². The van der Waals surface area contributed by atoms with Crippen molar-refractivity contribution in [2.45, 2.75) is 11.8 Å². The first kappa shape index (κ1) is 15.0. The van der Waals surface area contributed by atoms with Gasteiger partial charge < -0.3 is 5.11 Å². The Labute approximate surface area is 121 Å². The molecule has 0 saturated carbocycles. The number of carboxylic acids is 1. The Hall–Kier alpha value is -2.41. The summed E-state index contributed by atoms with van der Waals surface area (Å²) in [4.78, 5) is 10.7. The molecule has 0 aliphatic rings. The molecule has 7 heteroatoms. The largest absolute Gasteiger partial charge is 0.478 e. The zero-order valence-corrected chi connectivity index (χ0v) is 11.8. The number of aryl methyl sites for hydroxylation is 1. The summed E-state index contributed by atoms with van der Waals surface area (Å²) >= 11 is 0. The second-order valence-corrected chi connectivity index (χ2v) is 6.10. The van der Waals surface area contributed by atoms with Crippen LogP contribution in [0, 0.1) is 12.7 Å². The number of halogens is 1. The number of hydrogen-bond acceptors (Lipinski definition) is 3. The Kier molecular flexibility index (Phi) is 3.95. The maximum absolute atomic E-state index is 13.5. The molecule has 2 aromatic carbocycles. The van der Waals surface area contributed by atoms with Crippen molar-refractivity contribution < 1.29 is 22.7 Å². The van der Waals surface area contributed by atoms with E-state index in [-0.39, 0.29) is 10.6 Å². The van der Waals surface area contributed by atoms with Crippen molar-refractivity contribution in [3.63, 3.8) is 0 Å². The molecule has 0 spiro atoms. The zero-order chi connectivity index (χ0) is 15.6. The highest BCUT2D eigenvalue weighted by molar-refractivity contribution is 7.92. The highest BCUT2D eigenvalue weighted by Gasteiger charge is 2.16. The first-order chi connectivity index (χ1) is 9.79. The Morgan fingerprint density at radius 3 is 2.48 bits per heavy atom. The van der Waals surface area contributed by atoms with Gasteiger partial charge in [0.15, 0.2) is 0 Å². The molecular formula is C14H12FNO4S. The first-order valence-corrected chi connectivity index (χ1v) is 7.40. The van der Waals surface area contributed by atoms with Crippen molar-refractivity contribution in [2.24, 2.45) is 0 Å². The third-order valence-corrected chi connectivity index (χ3v) is 4.13. The Bertz CT molecular complexity index is 802. The second kappa shape index (κ2) is 5.53. The van der Waals surface area contributed by atoms with Crippen LogP contribution in [0.4, 0.5) is 10.1 Å². The minimum atomic E-state index is -3.85. The van der Waals surface area contributed by atoms with Gasteiger partial charge in [-0.2, -0.15) is 0 Å². The third kappa shape index (κ3) is 3.38. The van der Waals surface area contributed by atoms with Crippen molar-refractivity contribution >= 4 is 21.7 Å². The van der Waals surface area contributed by atoms with Crippen LogP contribution >= 0.6 is 0 Å². The molecule has 0 atom stereocenters. The van der Waals surface area contributed by atoms with E-state index < -0.39 is 27.4 Å². The van der Waals surface area contributed by atoms with E-state index in [1.54, 1.807) is 19.1 Å². The van der Waals surface area contributed by atoms with E-state index in [2.05, 4.69) is 4.72 Å². The van der Waals surface area contributed by atoms with Crippen LogP contribution in [0.25, 0.3) is 0 Å². The molecule has 2 N–H and O–H groups in total. The van der Waals surface area contributed by atoms with Crippen LogP contribution in [0.15, 0.2) is 47.4 Å². The normalized spacial score (nSPS) is 11.1. The van der Waals surface area contributed by atoms with Crippen LogP contribution in [0.1, 0.15) is 15.9 Å². The van der Waals surface area contributed by atoms with Gasteiger partial charge in [-0.3, -0.25) is 4.72 Å². The molecule has 2 rings (SSSR count). The molecule has 0 bridgehead atoms. The average molecular weight is 309 g/mol. The SMILES string of the molecule is Cc1cccc(S(=O)(=O)Nc2ccc(C(=O)O)c(F)c2)c1. The second-order valence-electron chi connectivity index (χ2n) is 4.42. The molecule has 0 aliphatic heterocycles. The lowest BCUT2D eigenvalue weighted by Crippen LogP contribution is -2.13. The number of rotatable bonds is 4. The number of carbonyl (C=O) groups is 1. The minimum Gasteiger partial charge on any atom is -0.478 e. The molecule has 0 amide bonds. The van der Waals surface area contributed by atoms with Gasteiger partial charge in [0.2, 0.25) is 0 Å². The molecule has 21 heavy (non-hydrogen) atoms. The Balaban J connectivity index is 2.33. The van der Waals surface area contributed by atoms with Gasteiger partial charge in [-0.1, -0.05) is 12.1 Å². The van der Waals surface area contributed by atoms with Gasteiger partial charge in [0.25, 0.3) is 10.0 Å². The van der Waals surface area contributed by atoms with Crippen LogP contribution in [-0.4, -0.2) is 19.5 Å². The molecule has 0 fully saturated rings. The molecule has 110 valence electrons. The molecule has 0 radical (unpaired) electrons. The smallest absolute Gasteiger partial charge is 0.338 e. The number of nitrogens with one attached hydrogen (secondary N) is 1. The highest BCUT2D eigenvalue weighted by Crippen LogP contribution is 2.19. The lowest BCUT2D eigenvalue weighted by Gasteiger charge is -2.09. The Morgan fingerprint density at radius 2 is 1.90 bits per heavy atom. The van der Waals surface area contributed by atoms with E-state index in [1.165, 1.54) is 18.2 Å². The fraction of sp³-hybridized carbons (Fsp3) is 0.0714. The summed E-state index contributed by atoms with van der Waals surface area (Å²) in [5.41, 5.74) is 0.206. The summed E-state index contributed by atoms with van der Waals surface area (Å²) in [5, 5.41) is 8.72. The monoisotopic (exact) mass is 309 g/mol. The average Bonchev–Trinajstić information content (AvgIpc) is 2.37. The number of anilines is 1. The molecule has 0 aliphatic carbocycles. The lowest BCUT2D eigenvalue weighted by atomic mass is 10.2. The van der Waals surface area contributed by atoms with Gasteiger partial charge in [0.05, 0.1) is 16.1 Å². The van der Waals surface area contributed by atoms with E-state index in [9.17, 15) is 17.6 Å². The van der Waals surface area contributed by atoms with E-state index in [1.807, 2.05) is 0 Å². The van der Waals surface area contributed by atoms with Crippen molar-refractivity contribution in [3.8, 4) is 0 Å². The van der Waals surface area contributed by atoms with Gasteiger partial charge >= 0.3 is 5.97 Å². The van der Waals surface area contributed by atoms with Crippen molar-refractivity contribution in [3.05, 3.63) is 59.4 Å². The summed E-state index contributed by atoms with van der Waals surface area (Å²) in [6, 6.07) is 9.27. The van der Waals surface area contributed by atoms with Crippen molar-refractivity contribution in [1.82, 2.24) is 0 Å². The number of sulfonamides is 1. The summed E-state index contributed by atoms with van der Waals surface area (Å²) < 4.78 is 40.0. The zero-order valence-electron chi connectivity index (χ0n) is 11.0. The molecule has 0 aromatic heterocycles. The van der Waals surface area contributed by atoms with Gasteiger partial charge in [-0.15, -0.1) is 0 Å². The molecule has 0 saturated heterocycles. The number of hydrogen-bond donors (Lipinski definition) is 2. The summed E-state index contributed by atoms with van der Waals surface area (Å²) in [6.45, 7) is 1.75. The number of aromatic carboxylic acids is 1. The fourth-order valence-corrected chi connectivity index (χ4v) is 2.90. The summed E-state index contributed by atoms with van der Waals surface area (Å²) in [7, 11) is -3.85. The van der Waals surface area contributed by atoms with E-state index in [0.717, 1.165) is 17.7 Å². The standard InChI is InChI=1S/C14H12FNO4S/c1-9-3-2-4-11(7-9)21(19,20)16-10-5-6-12(14(17)18)13(15)8-10/h2-8,16H,1H3,(H,17,18). The van der Waals surface area contributed by atoms with E-state index >= 15 is 0 Å².